The van der Waals surface area contributed by atoms with Crippen LogP contribution in [0.15, 0.2) is 144 Å². The van der Waals surface area contributed by atoms with Crippen LogP contribution >= 0.6 is 0 Å². The Morgan fingerprint density at radius 1 is 0.463 bits per heavy atom. The van der Waals surface area contributed by atoms with E-state index in [-0.39, 0.29) is 33.9 Å². The fourth-order valence-corrected chi connectivity index (χ4v) is 12.7. The first-order valence-electron chi connectivity index (χ1n) is 24.8. The third kappa shape index (κ3) is 6.11. The Bertz CT molecular complexity index is 3340. The van der Waals surface area contributed by atoms with E-state index in [2.05, 4.69) is 230 Å². The first kappa shape index (κ1) is 42.2. The monoisotopic (exact) mass is 878 g/mol. The van der Waals surface area contributed by atoms with Gasteiger partial charge in [0.05, 0.1) is 5.54 Å². The van der Waals surface area contributed by atoms with E-state index in [0.717, 1.165) is 34.0 Å². The highest BCUT2D eigenvalue weighted by atomic mass is 16.3. The second-order valence-electron chi connectivity index (χ2n) is 23.8. The van der Waals surface area contributed by atoms with Crippen molar-refractivity contribution in [3.05, 3.63) is 162 Å². The maximum absolute atomic E-state index is 6.70. The summed E-state index contributed by atoms with van der Waals surface area (Å²) in [6.07, 6.45) is 4.78. The maximum atomic E-state index is 6.70. The van der Waals surface area contributed by atoms with Crippen LogP contribution in [0.4, 0.5) is 45.5 Å². The van der Waals surface area contributed by atoms with Crippen LogP contribution in [0.25, 0.3) is 21.9 Å². The molecule has 4 nitrogen and oxygen atoms in total. The molecule has 0 bridgehead atoms. The molecule has 67 heavy (non-hydrogen) atoms. The van der Waals surface area contributed by atoms with Gasteiger partial charge in [0.2, 0.25) is 0 Å². The first-order valence-corrected chi connectivity index (χ1v) is 24.8. The zero-order chi connectivity index (χ0) is 46.6. The van der Waals surface area contributed by atoms with Gasteiger partial charge in [0.1, 0.15) is 11.2 Å². The summed E-state index contributed by atoms with van der Waals surface area (Å²) < 4.78 is 6.70. The molecule has 0 N–H and O–H groups in total. The Kier molecular flexibility index (Phi) is 8.92. The number of hydrogen-bond acceptors (Lipinski definition) is 4. The van der Waals surface area contributed by atoms with Gasteiger partial charge in [-0.1, -0.05) is 155 Å². The standard InChI is InChI=1S/C62H64BN3O/c1-58(2,3)39-19-18-20-42(33-39)64-51-34-40(59(4,5)6)25-29-48(51)63-49-30-26-41(60(7,8)9)35-52(49)65(43-27-28-46-45-21-12-15-24-55(45)67-56(46)38-43)54-37-44(36-53(64)57(54)63)66-50-23-14-13-22-47(50)61(10)31-16-17-32-62(61,66)11/h12-15,18-30,33-38H,16-17,31-32H2,1-11H3. The topological polar surface area (TPSA) is 22.9 Å². The molecular weight excluding hydrogens is 814 g/mol. The number of benzene rings is 7. The predicted molar refractivity (Wildman–Crippen MR) is 287 cm³/mol. The van der Waals surface area contributed by atoms with Gasteiger partial charge in [0.15, 0.2) is 0 Å². The molecule has 0 spiro atoms. The summed E-state index contributed by atoms with van der Waals surface area (Å²) in [4.78, 5) is 8.01. The Morgan fingerprint density at radius 3 is 1.69 bits per heavy atom. The van der Waals surface area contributed by atoms with Crippen LogP contribution in [0.3, 0.4) is 0 Å². The molecule has 2 atom stereocenters. The van der Waals surface area contributed by atoms with Crippen LogP contribution in [0.2, 0.25) is 0 Å². The Balaban J connectivity index is 1.22. The van der Waals surface area contributed by atoms with Gasteiger partial charge in [-0.05, 0) is 135 Å². The number of fused-ring (bicyclic) bond motifs is 10. The van der Waals surface area contributed by atoms with E-state index in [0.29, 0.717) is 0 Å². The van der Waals surface area contributed by atoms with Crippen LogP contribution in [0.1, 0.15) is 124 Å². The fourth-order valence-electron chi connectivity index (χ4n) is 12.7. The quantitative estimate of drug-likeness (QED) is 0.165. The summed E-state index contributed by atoms with van der Waals surface area (Å²) in [7, 11) is 0. The fraction of sp³-hybridized carbons (Fsp3) is 0.323. The molecule has 1 aromatic heterocycles. The lowest BCUT2D eigenvalue weighted by Gasteiger charge is -2.51. The minimum atomic E-state index is -0.123. The molecule has 1 fully saturated rings. The van der Waals surface area contributed by atoms with Crippen LogP contribution in [-0.4, -0.2) is 12.3 Å². The van der Waals surface area contributed by atoms with Crippen LogP contribution < -0.4 is 31.1 Å². The molecule has 12 rings (SSSR count). The number of anilines is 8. The largest absolute Gasteiger partial charge is 0.456 e. The minimum absolute atomic E-state index is 0.00159. The van der Waals surface area contributed by atoms with Crippen molar-refractivity contribution in [2.75, 3.05) is 14.7 Å². The summed E-state index contributed by atoms with van der Waals surface area (Å²) in [5, 5.41) is 2.29. The Labute approximate surface area is 398 Å². The zero-order valence-corrected chi connectivity index (χ0v) is 41.4. The van der Waals surface area contributed by atoms with Crippen molar-refractivity contribution >= 4 is 90.5 Å². The Hall–Kier alpha value is -6.20. The van der Waals surface area contributed by atoms with Gasteiger partial charge in [-0.3, -0.25) is 0 Å². The van der Waals surface area contributed by atoms with Crippen molar-refractivity contribution in [3.63, 3.8) is 0 Å². The van der Waals surface area contributed by atoms with Crippen molar-refractivity contribution in [2.24, 2.45) is 0 Å². The number of para-hydroxylation sites is 2. The average Bonchev–Trinajstić information content (AvgIpc) is 3.76. The number of rotatable bonds is 3. The average molecular weight is 878 g/mol. The van der Waals surface area contributed by atoms with Gasteiger partial charge >= 0.3 is 0 Å². The highest BCUT2D eigenvalue weighted by Gasteiger charge is 2.58. The molecule has 3 aliphatic heterocycles. The molecule has 1 saturated carbocycles. The molecule has 5 heteroatoms. The molecule has 336 valence electrons. The van der Waals surface area contributed by atoms with E-state index in [1.807, 2.05) is 0 Å². The number of furan rings is 1. The van der Waals surface area contributed by atoms with Crippen molar-refractivity contribution in [1.82, 2.24) is 0 Å². The van der Waals surface area contributed by atoms with E-state index in [1.165, 1.54) is 97.7 Å². The zero-order valence-electron chi connectivity index (χ0n) is 41.4. The van der Waals surface area contributed by atoms with E-state index in [4.69, 9.17) is 4.42 Å². The highest BCUT2D eigenvalue weighted by molar-refractivity contribution is 7.00. The van der Waals surface area contributed by atoms with E-state index in [1.54, 1.807) is 0 Å². The lowest BCUT2D eigenvalue weighted by Crippen LogP contribution is -2.61. The van der Waals surface area contributed by atoms with Gasteiger partial charge in [-0.15, -0.1) is 0 Å². The maximum Gasteiger partial charge on any atom is 0.252 e. The molecule has 0 saturated heterocycles. The molecule has 7 aromatic carbocycles. The second-order valence-corrected chi connectivity index (χ2v) is 23.8. The third-order valence-electron chi connectivity index (χ3n) is 16.6. The van der Waals surface area contributed by atoms with Gasteiger partial charge in [0.25, 0.3) is 6.71 Å². The minimum Gasteiger partial charge on any atom is -0.456 e. The summed E-state index contributed by atoms with van der Waals surface area (Å²) in [5.74, 6) is 0. The lowest BCUT2D eigenvalue weighted by molar-refractivity contribution is 0.195. The molecule has 4 heterocycles. The molecule has 8 aromatic rings. The number of hydrogen-bond donors (Lipinski definition) is 0. The van der Waals surface area contributed by atoms with Crippen LogP contribution in [0.5, 0.6) is 0 Å². The van der Waals surface area contributed by atoms with Crippen molar-refractivity contribution in [3.8, 4) is 0 Å². The molecule has 0 amide bonds. The van der Waals surface area contributed by atoms with Crippen molar-refractivity contribution in [2.45, 2.75) is 129 Å². The lowest BCUT2D eigenvalue weighted by atomic mass is 9.33. The Morgan fingerprint density at radius 2 is 1.03 bits per heavy atom. The van der Waals surface area contributed by atoms with E-state index in [9.17, 15) is 0 Å². The summed E-state index contributed by atoms with van der Waals surface area (Å²) in [5.41, 5.74) is 20.9. The normalized spacial score (nSPS) is 19.9. The predicted octanol–water partition coefficient (Wildman–Crippen LogP) is 15.3. The molecule has 0 radical (unpaired) electrons. The van der Waals surface area contributed by atoms with Gasteiger partial charge in [-0.25, -0.2) is 0 Å². The van der Waals surface area contributed by atoms with Crippen molar-refractivity contribution in [1.29, 1.82) is 0 Å². The molecule has 4 aliphatic rings. The summed E-state index contributed by atoms with van der Waals surface area (Å²) in [6.45, 7) is 26.2. The first-order chi connectivity index (χ1) is 31.8. The third-order valence-corrected chi connectivity index (χ3v) is 16.6. The molecular formula is C62H64BN3O. The summed E-state index contributed by atoms with van der Waals surface area (Å²) >= 11 is 0. The second kappa shape index (κ2) is 14.2. The van der Waals surface area contributed by atoms with Gasteiger partial charge in [-0.2, -0.15) is 0 Å². The van der Waals surface area contributed by atoms with E-state index < -0.39 is 0 Å². The smallest absolute Gasteiger partial charge is 0.252 e. The highest BCUT2D eigenvalue weighted by Crippen LogP contribution is 2.62. The molecule has 1 aliphatic carbocycles. The SMILES string of the molecule is CC(C)(C)c1cccc(N2c3cc(C(C)(C)C)ccc3B3c4ccc(C(C)(C)C)cc4N(c4ccc5c(c4)oc4ccccc45)c4cc(N5c6ccccc6C6(C)CCCCC56C)cc2c43)c1. The number of nitrogens with zero attached hydrogens (tertiary/aromatic N) is 3. The van der Waals surface area contributed by atoms with Gasteiger partial charge in [0, 0.05) is 67.8 Å². The van der Waals surface area contributed by atoms with Gasteiger partial charge < -0.3 is 19.1 Å². The van der Waals surface area contributed by atoms with Crippen LogP contribution in [0, 0.1) is 0 Å². The van der Waals surface area contributed by atoms with E-state index >= 15 is 0 Å². The summed E-state index contributed by atoms with van der Waals surface area (Å²) in [6, 6.07) is 53.9. The molecule has 2 unspecified atom stereocenters. The van der Waals surface area contributed by atoms with Crippen molar-refractivity contribution < 1.29 is 4.42 Å². The van der Waals surface area contributed by atoms with Crippen LogP contribution in [-0.2, 0) is 21.7 Å².